The second-order valence-electron chi connectivity index (χ2n) is 3.54. The van der Waals surface area contributed by atoms with Gasteiger partial charge in [0, 0.05) is 0 Å². The van der Waals surface area contributed by atoms with Crippen molar-refractivity contribution < 1.29 is 21.6 Å². The topological polar surface area (TPSA) is 132 Å². The Hall–Kier alpha value is -2.61. The molecule has 4 N–H and O–H groups in total. The normalized spacial score (nSPS) is 12.0. The van der Waals surface area contributed by atoms with Gasteiger partial charge in [-0.2, -0.15) is 19.1 Å². The molecule has 1 rings (SSSR count). The lowest BCUT2D eigenvalue weighted by molar-refractivity contribution is 0.235. The van der Waals surface area contributed by atoms with E-state index in [2.05, 4.69) is 5.10 Å². The van der Waals surface area contributed by atoms with Crippen molar-refractivity contribution in [3.05, 3.63) is 24.0 Å². The van der Waals surface area contributed by atoms with Gasteiger partial charge in [-0.3, -0.25) is 10.8 Å². The van der Waals surface area contributed by atoms with Crippen LogP contribution in [0.25, 0.3) is 0 Å². The van der Waals surface area contributed by atoms with Gasteiger partial charge in [0.05, 0.1) is 5.69 Å². The highest BCUT2D eigenvalue weighted by Crippen LogP contribution is 2.27. The molecule has 0 aromatic heterocycles. The molecule has 0 spiro atoms. The van der Waals surface area contributed by atoms with Crippen LogP contribution in [-0.4, -0.2) is 25.7 Å². The maximum Gasteiger partial charge on any atom is 0.341 e. The summed E-state index contributed by atoms with van der Waals surface area (Å²) in [4.78, 5) is -1.03. The van der Waals surface area contributed by atoms with Gasteiger partial charge in [-0.05, 0) is 18.2 Å². The van der Waals surface area contributed by atoms with Gasteiger partial charge in [-0.15, -0.1) is 0 Å². The number of hydrazone groups is 1. The van der Waals surface area contributed by atoms with Crippen molar-refractivity contribution in [3.63, 3.8) is 0 Å². The van der Waals surface area contributed by atoms with Crippen molar-refractivity contribution in [2.24, 2.45) is 10.8 Å². The SMILES string of the molecule is N#C/C(=N\Nc1ccc(F)cc1S(=O)(=O)C(F)F)C(=N)N. The number of nitrogens with one attached hydrogen (secondary N) is 2. The second-order valence-corrected chi connectivity index (χ2v) is 5.43. The quantitative estimate of drug-likeness (QED) is 0.424. The first-order chi connectivity index (χ1) is 9.70. The third-order valence-electron chi connectivity index (χ3n) is 2.13. The van der Waals surface area contributed by atoms with Crippen LogP contribution >= 0.6 is 0 Å². The molecular formula is C10H8F3N5O2S. The minimum Gasteiger partial charge on any atom is -0.382 e. The highest BCUT2D eigenvalue weighted by Gasteiger charge is 2.29. The molecule has 112 valence electrons. The summed E-state index contributed by atoms with van der Waals surface area (Å²) >= 11 is 0. The van der Waals surface area contributed by atoms with Crippen molar-refractivity contribution in [2.75, 3.05) is 5.43 Å². The van der Waals surface area contributed by atoms with Crippen molar-refractivity contribution in [2.45, 2.75) is 10.7 Å². The molecule has 0 radical (unpaired) electrons. The number of sulfone groups is 1. The van der Waals surface area contributed by atoms with E-state index in [9.17, 15) is 21.6 Å². The Morgan fingerprint density at radius 2 is 2.10 bits per heavy atom. The predicted octanol–water partition coefficient (Wildman–Crippen LogP) is 1.05. The molecule has 0 aliphatic heterocycles. The van der Waals surface area contributed by atoms with Gasteiger partial charge in [0.15, 0.2) is 5.84 Å². The summed E-state index contributed by atoms with van der Waals surface area (Å²) in [7, 11) is -5.08. The van der Waals surface area contributed by atoms with Gasteiger partial charge in [0.25, 0.3) is 0 Å². The molecule has 11 heteroatoms. The van der Waals surface area contributed by atoms with Crippen LogP contribution in [0.2, 0.25) is 0 Å². The van der Waals surface area contributed by atoms with Gasteiger partial charge in [-0.1, -0.05) is 0 Å². The van der Waals surface area contributed by atoms with Crippen LogP contribution in [0, 0.1) is 22.6 Å². The number of anilines is 1. The minimum absolute atomic E-state index is 0.388. The van der Waals surface area contributed by atoms with E-state index >= 15 is 0 Å². The minimum atomic E-state index is -5.08. The lowest BCUT2D eigenvalue weighted by atomic mass is 10.3. The number of halogens is 3. The summed E-state index contributed by atoms with van der Waals surface area (Å²) < 4.78 is 60.9. The lowest BCUT2D eigenvalue weighted by Gasteiger charge is -2.09. The van der Waals surface area contributed by atoms with Crippen LogP contribution in [0.4, 0.5) is 18.9 Å². The smallest absolute Gasteiger partial charge is 0.341 e. The van der Waals surface area contributed by atoms with Gasteiger partial charge < -0.3 is 5.73 Å². The van der Waals surface area contributed by atoms with E-state index in [-0.39, 0.29) is 0 Å². The number of amidine groups is 1. The average Bonchev–Trinajstić information content (AvgIpc) is 2.40. The molecule has 0 aliphatic rings. The molecule has 0 unspecified atom stereocenters. The van der Waals surface area contributed by atoms with Crippen LogP contribution in [-0.2, 0) is 9.84 Å². The summed E-state index contributed by atoms with van der Waals surface area (Å²) in [5, 5.41) is 18.9. The predicted molar refractivity (Wildman–Crippen MR) is 68.2 cm³/mol. The first kappa shape index (κ1) is 16.4. The van der Waals surface area contributed by atoms with Crippen LogP contribution in [0.5, 0.6) is 0 Å². The first-order valence-electron chi connectivity index (χ1n) is 5.10. The van der Waals surface area contributed by atoms with E-state index in [1.54, 1.807) is 0 Å². The Morgan fingerprint density at radius 1 is 1.48 bits per heavy atom. The number of alkyl halides is 2. The Kier molecular flexibility index (Phi) is 4.88. The van der Waals surface area contributed by atoms with E-state index in [1.807, 2.05) is 5.43 Å². The van der Waals surface area contributed by atoms with Gasteiger partial charge in [0.1, 0.15) is 16.8 Å². The van der Waals surface area contributed by atoms with Gasteiger partial charge in [0.2, 0.25) is 15.5 Å². The molecule has 0 aliphatic carbocycles. The van der Waals surface area contributed by atoms with Crippen LogP contribution < -0.4 is 11.2 Å². The maximum absolute atomic E-state index is 13.1. The monoisotopic (exact) mass is 319 g/mol. The Balaban J connectivity index is 3.34. The zero-order valence-corrected chi connectivity index (χ0v) is 11.0. The fourth-order valence-electron chi connectivity index (χ4n) is 1.18. The molecule has 0 amide bonds. The Bertz CT molecular complexity index is 740. The lowest BCUT2D eigenvalue weighted by Crippen LogP contribution is -2.22. The van der Waals surface area contributed by atoms with E-state index in [0.717, 1.165) is 12.1 Å². The number of nitrogens with two attached hydrogens (primary N) is 1. The highest BCUT2D eigenvalue weighted by molar-refractivity contribution is 7.91. The van der Waals surface area contributed by atoms with Crippen molar-refractivity contribution in [3.8, 4) is 6.07 Å². The molecule has 7 nitrogen and oxygen atoms in total. The van der Waals surface area contributed by atoms with E-state index in [1.165, 1.54) is 6.07 Å². The number of rotatable bonds is 5. The summed E-state index contributed by atoms with van der Waals surface area (Å²) in [6.45, 7) is 0. The van der Waals surface area contributed by atoms with E-state index in [0.29, 0.717) is 6.07 Å². The van der Waals surface area contributed by atoms with Crippen molar-refractivity contribution >= 4 is 27.1 Å². The zero-order valence-electron chi connectivity index (χ0n) is 10.1. The summed E-state index contributed by atoms with van der Waals surface area (Å²) in [5.41, 5.74) is 5.92. The summed E-state index contributed by atoms with van der Waals surface area (Å²) in [6.07, 6.45) is 0. The third-order valence-corrected chi connectivity index (χ3v) is 3.55. The first-order valence-corrected chi connectivity index (χ1v) is 6.64. The van der Waals surface area contributed by atoms with Crippen LogP contribution in [0.15, 0.2) is 28.2 Å². The third kappa shape index (κ3) is 3.69. The number of nitriles is 1. The summed E-state index contributed by atoms with van der Waals surface area (Å²) in [6, 6.07) is 3.48. The molecule has 1 aromatic rings. The fraction of sp³-hybridized carbons (Fsp3) is 0.100. The van der Waals surface area contributed by atoms with Crippen LogP contribution in [0.1, 0.15) is 0 Å². The second kappa shape index (κ2) is 6.23. The molecule has 0 heterocycles. The number of nitrogens with zero attached hydrogens (tertiary/aromatic N) is 2. The number of benzene rings is 1. The Labute approximate surface area is 117 Å². The van der Waals surface area contributed by atoms with E-state index in [4.69, 9.17) is 16.4 Å². The molecule has 0 bridgehead atoms. The van der Waals surface area contributed by atoms with E-state index < -0.39 is 43.5 Å². The van der Waals surface area contributed by atoms with Crippen molar-refractivity contribution in [1.29, 1.82) is 10.7 Å². The molecule has 21 heavy (non-hydrogen) atoms. The Morgan fingerprint density at radius 3 is 2.57 bits per heavy atom. The summed E-state index contributed by atoms with van der Waals surface area (Å²) in [5.74, 6) is -5.52. The average molecular weight is 319 g/mol. The number of hydrogen-bond donors (Lipinski definition) is 3. The largest absolute Gasteiger partial charge is 0.382 e. The number of hydrogen-bond acceptors (Lipinski definition) is 6. The fourth-order valence-corrected chi connectivity index (χ4v) is 2.07. The molecule has 0 fully saturated rings. The zero-order chi connectivity index (χ0) is 16.2. The molecule has 0 atom stereocenters. The van der Waals surface area contributed by atoms with Crippen LogP contribution in [0.3, 0.4) is 0 Å². The molecule has 1 aromatic carbocycles. The maximum atomic E-state index is 13.1. The van der Waals surface area contributed by atoms with Gasteiger partial charge in [-0.25, -0.2) is 12.8 Å². The standard InChI is InChI=1S/C10H8F3N5O2S/c11-5-1-2-6(17-18-7(4-14)9(15)16)8(3-5)21(19,20)10(12)13/h1-3,10,17H,(H3,15,16)/b18-7+. The van der Waals surface area contributed by atoms with Crippen molar-refractivity contribution in [1.82, 2.24) is 0 Å². The molecule has 0 saturated carbocycles. The molecular weight excluding hydrogens is 311 g/mol. The molecule has 0 saturated heterocycles. The highest BCUT2D eigenvalue weighted by atomic mass is 32.2. The van der Waals surface area contributed by atoms with Gasteiger partial charge >= 0.3 is 5.76 Å².